The number of ether oxygens (including phenoxy) is 1. The van der Waals surface area contributed by atoms with Gasteiger partial charge in [0.25, 0.3) is 5.56 Å². The first-order valence-electron chi connectivity index (χ1n) is 8.19. The maximum absolute atomic E-state index is 12.8. The SMILES string of the molecule is CCCC1(COC)CCCN1C(=O)Nc1c(C)ccn(C)c1=O. The van der Waals surface area contributed by atoms with Gasteiger partial charge in [0.05, 0.1) is 12.1 Å². The number of rotatable bonds is 5. The second kappa shape index (κ2) is 7.17. The Balaban J connectivity index is 2.26. The third kappa shape index (κ3) is 3.42. The molecule has 0 aliphatic carbocycles. The van der Waals surface area contributed by atoms with Crippen molar-refractivity contribution in [3.63, 3.8) is 0 Å². The van der Waals surface area contributed by atoms with Gasteiger partial charge in [-0.3, -0.25) is 4.79 Å². The Hall–Kier alpha value is -1.82. The van der Waals surface area contributed by atoms with Crippen LogP contribution in [-0.4, -0.2) is 41.3 Å². The summed E-state index contributed by atoms with van der Waals surface area (Å²) in [6.45, 7) is 5.17. The predicted octanol–water partition coefficient (Wildman–Crippen LogP) is 2.51. The van der Waals surface area contributed by atoms with Crippen LogP contribution in [0.2, 0.25) is 0 Å². The molecule has 1 fully saturated rings. The molecule has 0 aromatic carbocycles. The lowest BCUT2D eigenvalue weighted by Crippen LogP contribution is -2.52. The molecular weight excluding hydrogens is 294 g/mol. The van der Waals surface area contributed by atoms with E-state index in [4.69, 9.17) is 4.74 Å². The summed E-state index contributed by atoms with van der Waals surface area (Å²) in [4.78, 5) is 26.9. The molecule has 1 unspecified atom stereocenters. The van der Waals surface area contributed by atoms with E-state index < -0.39 is 0 Å². The predicted molar refractivity (Wildman–Crippen MR) is 90.9 cm³/mol. The molecule has 0 saturated carbocycles. The van der Waals surface area contributed by atoms with Crippen LogP contribution in [0.25, 0.3) is 0 Å². The molecule has 1 saturated heterocycles. The fourth-order valence-electron chi connectivity index (χ4n) is 3.52. The Labute approximate surface area is 137 Å². The van der Waals surface area contributed by atoms with Crippen molar-refractivity contribution in [1.82, 2.24) is 9.47 Å². The number of amides is 2. The Bertz CT molecular complexity index is 618. The molecule has 1 aliphatic heterocycles. The summed E-state index contributed by atoms with van der Waals surface area (Å²) in [5, 5.41) is 2.83. The van der Waals surface area contributed by atoms with Crippen LogP contribution < -0.4 is 10.9 Å². The van der Waals surface area contributed by atoms with Crippen LogP contribution >= 0.6 is 0 Å². The third-order valence-corrected chi connectivity index (χ3v) is 4.68. The minimum absolute atomic E-state index is 0.189. The summed E-state index contributed by atoms with van der Waals surface area (Å²) < 4.78 is 6.86. The van der Waals surface area contributed by atoms with E-state index in [0.29, 0.717) is 18.8 Å². The summed E-state index contributed by atoms with van der Waals surface area (Å²) in [5.41, 5.74) is 0.676. The van der Waals surface area contributed by atoms with E-state index >= 15 is 0 Å². The van der Waals surface area contributed by atoms with Crippen LogP contribution in [0.3, 0.4) is 0 Å². The van der Waals surface area contributed by atoms with Gasteiger partial charge < -0.3 is 19.5 Å². The number of nitrogens with zero attached hydrogens (tertiary/aromatic N) is 2. The second-order valence-corrected chi connectivity index (χ2v) is 6.38. The molecule has 2 heterocycles. The monoisotopic (exact) mass is 321 g/mol. The van der Waals surface area contributed by atoms with Crippen molar-refractivity contribution < 1.29 is 9.53 Å². The zero-order valence-corrected chi connectivity index (χ0v) is 14.5. The van der Waals surface area contributed by atoms with Crippen molar-refractivity contribution in [2.24, 2.45) is 7.05 Å². The summed E-state index contributed by atoms with van der Waals surface area (Å²) in [5.74, 6) is 0. The van der Waals surface area contributed by atoms with Crippen molar-refractivity contribution >= 4 is 11.7 Å². The van der Waals surface area contributed by atoms with Crippen LogP contribution in [-0.2, 0) is 11.8 Å². The molecule has 6 nitrogen and oxygen atoms in total. The molecule has 0 radical (unpaired) electrons. The van der Waals surface area contributed by atoms with Gasteiger partial charge in [-0.25, -0.2) is 4.79 Å². The van der Waals surface area contributed by atoms with Crippen molar-refractivity contribution in [2.75, 3.05) is 25.6 Å². The zero-order chi connectivity index (χ0) is 17.0. The van der Waals surface area contributed by atoms with E-state index in [-0.39, 0.29) is 17.1 Å². The molecule has 1 aliphatic rings. The quantitative estimate of drug-likeness (QED) is 0.906. The highest BCUT2D eigenvalue weighted by Gasteiger charge is 2.43. The number of anilines is 1. The van der Waals surface area contributed by atoms with E-state index in [1.54, 1.807) is 20.4 Å². The third-order valence-electron chi connectivity index (χ3n) is 4.68. The van der Waals surface area contributed by atoms with Crippen molar-refractivity contribution in [1.29, 1.82) is 0 Å². The number of urea groups is 1. The average molecular weight is 321 g/mol. The molecule has 1 aromatic heterocycles. The molecular formula is C17H27N3O3. The van der Waals surface area contributed by atoms with Gasteiger partial charge >= 0.3 is 6.03 Å². The van der Waals surface area contributed by atoms with E-state index in [0.717, 1.165) is 31.2 Å². The van der Waals surface area contributed by atoms with Crippen molar-refractivity contribution in [3.8, 4) is 0 Å². The lowest BCUT2D eigenvalue weighted by Gasteiger charge is -2.38. The summed E-state index contributed by atoms with van der Waals surface area (Å²) in [7, 11) is 3.35. The van der Waals surface area contributed by atoms with Gasteiger partial charge in [0.1, 0.15) is 5.69 Å². The maximum atomic E-state index is 12.8. The lowest BCUT2D eigenvalue weighted by molar-refractivity contribution is 0.0540. The van der Waals surface area contributed by atoms with Gasteiger partial charge in [-0.15, -0.1) is 0 Å². The van der Waals surface area contributed by atoms with E-state index in [2.05, 4.69) is 12.2 Å². The van der Waals surface area contributed by atoms with Crippen LogP contribution in [0.15, 0.2) is 17.1 Å². The number of aromatic nitrogens is 1. The number of pyridine rings is 1. The first-order valence-corrected chi connectivity index (χ1v) is 8.19. The number of aryl methyl sites for hydroxylation is 2. The van der Waals surface area contributed by atoms with E-state index in [9.17, 15) is 9.59 Å². The van der Waals surface area contributed by atoms with E-state index in [1.807, 2.05) is 17.9 Å². The maximum Gasteiger partial charge on any atom is 0.322 e. The molecule has 1 N–H and O–H groups in total. The smallest absolute Gasteiger partial charge is 0.322 e. The average Bonchev–Trinajstić information content (AvgIpc) is 2.92. The molecule has 1 aromatic rings. The molecule has 0 spiro atoms. The van der Waals surface area contributed by atoms with Crippen LogP contribution in [0.4, 0.5) is 10.5 Å². The number of nitrogens with one attached hydrogen (secondary N) is 1. The van der Waals surface area contributed by atoms with Crippen LogP contribution in [0.5, 0.6) is 0 Å². The minimum atomic E-state index is -0.262. The molecule has 6 heteroatoms. The summed E-state index contributed by atoms with van der Waals surface area (Å²) >= 11 is 0. The zero-order valence-electron chi connectivity index (χ0n) is 14.5. The van der Waals surface area contributed by atoms with Gasteiger partial charge in [0.15, 0.2) is 0 Å². The molecule has 1 atom stereocenters. The first kappa shape index (κ1) is 17.5. The Morgan fingerprint density at radius 1 is 1.48 bits per heavy atom. The highest BCUT2D eigenvalue weighted by molar-refractivity contribution is 5.90. The highest BCUT2D eigenvalue weighted by atomic mass is 16.5. The number of carbonyl (C=O) groups excluding carboxylic acids is 1. The van der Waals surface area contributed by atoms with Gasteiger partial charge in [-0.05, 0) is 37.8 Å². The molecule has 23 heavy (non-hydrogen) atoms. The van der Waals surface area contributed by atoms with Gasteiger partial charge in [-0.2, -0.15) is 0 Å². The second-order valence-electron chi connectivity index (χ2n) is 6.38. The highest BCUT2D eigenvalue weighted by Crippen LogP contribution is 2.34. The normalized spacial score (nSPS) is 20.8. The standard InChI is InChI=1S/C17H27N3O3/c1-5-8-17(12-23-4)9-6-10-20(17)16(22)18-14-13(2)7-11-19(3)15(14)21/h7,11H,5-6,8-10,12H2,1-4H3,(H,18,22). The molecule has 0 bridgehead atoms. The van der Waals surface area contributed by atoms with Crippen molar-refractivity contribution in [3.05, 3.63) is 28.2 Å². The Morgan fingerprint density at radius 3 is 2.87 bits per heavy atom. The fourth-order valence-corrected chi connectivity index (χ4v) is 3.52. The summed E-state index contributed by atoms with van der Waals surface area (Å²) in [6.07, 6.45) is 5.49. The number of hydrogen-bond acceptors (Lipinski definition) is 3. The van der Waals surface area contributed by atoms with Gasteiger partial charge in [0.2, 0.25) is 0 Å². The Kier molecular flexibility index (Phi) is 5.46. The van der Waals surface area contributed by atoms with Gasteiger partial charge in [0, 0.05) is 26.9 Å². The lowest BCUT2D eigenvalue weighted by atomic mass is 9.91. The van der Waals surface area contributed by atoms with Crippen LogP contribution in [0, 0.1) is 6.92 Å². The topological polar surface area (TPSA) is 63.6 Å². The number of hydrogen-bond donors (Lipinski definition) is 1. The van der Waals surface area contributed by atoms with E-state index in [1.165, 1.54) is 4.57 Å². The summed E-state index contributed by atoms with van der Waals surface area (Å²) in [6, 6.07) is 1.62. The Morgan fingerprint density at radius 2 is 2.22 bits per heavy atom. The van der Waals surface area contributed by atoms with Crippen LogP contribution in [0.1, 0.15) is 38.2 Å². The molecule has 128 valence electrons. The number of carbonyl (C=O) groups is 1. The first-order chi connectivity index (χ1) is 10.9. The number of likely N-dealkylation sites (tertiary alicyclic amines) is 1. The fraction of sp³-hybridized carbons (Fsp3) is 0.647. The number of methoxy groups -OCH3 is 1. The van der Waals surface area contributed by atoms with Gasteiger partial charge in [-0.1, -0.05) is 13.3 Å². The largest absolute Gasteiger partial charge is 0.382 e. The molecule has 2 rings (SSSR count). The van der Waals surface area contributed by atoms with Crippen molar-refractivity contribution in [2.45, 2.75) is 45.1 Å². The minimum Gasteiger partial charge on any atom is -0.382 e. The molecule has 2 amide bonds.